The van der Waals surface area contributed by atoms with Crippen LogP contribution in [0.2, 0.25) is 0 Å². The Labute approximate surface area is 112 Å². The molecule has 0 bridgehead atoms. The molecule has 1 saturated carbocycles. The van der Waals surface area contributed by atoms with Crippen LogP contribution < -0.4 is 4.72 Å². The Morgan fingerprint density at radius 3 is 2.37 bits per heavy atom. The summed E-state index contributed by atoms with van der Waals surface area (Å²) >= 11 is 0. The molecule has 5 nitrogen and oxygen atoms in total. The minimum absolute atomic E-state index is 0.334. The van der Waals surface area contributed by atoms with Crippen LogP contribution in [0.5, 0.6) is 0 Å². The SMILES string of the molecule is O=C(O)C1(NS(=O)(=O)/C=C/c2ccccc2)CCC1. The molecule has 102 valence electrons. The number of hydrogen-bond donors (Lipinski definition) is 2. The zero-order valence-electron chi connectivity index (χ0n) is 10.2. The average Bonchev–Trinajstić information content (AvgIpc) is 2.33. The summed E-state index contributed by atoms with van der Waals surface area (Å²) in [4.78, 5) is 11.1. The minimum Gasteiger partial charge on any atom is -0.480 e. The first-order chi connectivity index (χ1) is 8.94. The van der Waals surface area contributed by atoms with E-state index in [1.807, 2.05) is 6.07 Å². The van der Waals surface area contributed by atoms with Crippen molar-refractivity contribution in [3.63, 3.8) is 0 Å². The number of aliphatic carboxylic acids is 1. The van der Waals surface area contributed by atoms with E-state index in [0.717, 1.165) is 17.4 Å². The fourth-order valence-electron chi connectivity index (χ4n) is 1.93. The molecule has 1 aromatic carbocycles. The Balaban J connectivity index is 2.11. The van der Waals surface area contributed by atoms with Crippen molar-refractivity contribution < 1.29 is 18.3 Å². The van der Waals surface area contributed by atoms with E-state index in [0.29, 0.717) is 12.8 Å². The first-order valence-corrected chi connectivity index (χ1v) is 7.49. The van der Waals surface area contributed by atoms with Crippen molar-refractivity contribution in [2.24, 2.45) is 0 Å². The van der Waals surface area contributed by atoms with E-state index < -0.39 is 21.5 Å². The van der Waals surface area contributed by atoms with Crippen LogP contribution in [0.15, 0.2) is 35.7 Å². The van der Waals surface area contributed by atoms with Crippen LogP contribution in [0.25, 0.3) is 6.08 Å². The van der Waals surface area contributed by atoms with Gasteiger partial charge in [0.1, 0.15) is 5.54 Å². The van der Waals surface area contributed by atoms with Crippen molar-refractivity contribution in [1.29, 1.82) is 0 Å². The zero-order chi connectivity index (χ0) is 13.9. The van der Waals surface area contributed by atoms with Gasteiger partial charge in [-0.2, -0.15) is 4.72 Å². The fraction of sp³-hybridized carbons (Fsp3) is 0.308. The Morgan fingerprint density at radius 2 is 1.89 bits per heavy atom. The van der Waals surface area contributed by atoms with E-state index in [9.17, 15) is 13.2 Å². The Bertz CT molecular complexity index is 588. The molecular formula is C13H15NO4S. The first kappa shape index (κ1) is 13.8. The Morgan fingerprint density at radius 1 is 1.26 bits per heavy atom. The van der Waals surface area contributed by atoms with Crippen molar-refractivity contribution in [2.45, 2.75) is 24.8 Å². The maximum atomic E-state index is 11.9. The molecule has 0 radical (unpaired) electrons. The van der Waals surface area contributed by atoms with Gasteiger partial charge in [0.25, 0.3) is 0 Å². The highest BCUT2D eigenvalue weighted by Gasteiger charge is 2.46. The second-order valence-corrected chi connectivity index (χ2v) is 6.17. The molecule has 19 heavy (non-hydrogen) atoms. The molecule has 0 amide bonds. The monoisotopic (exact) mass is 281 g/mol. The van der Waals surface area contributed by atoms with Gasteiger partial charge in [-0.15, -0.1) is 0 Å². The molecule has 0 saturated heterocycles. The standard InChI is InChI=1S/C13H15NO4S/c15-12(16)13(8-4-9-13)14-19(17,18)10-7-11-5-2-1-3-6-11/h1-3,5-7,10,14H,4,8-9H2,(H,15,16)/b10-7+. The van der Waals surface area contributed by atoms with Crippen LogP contribution in [0.1, 0.15) is 24.8 Å². The van der Waals surface area contributed by atoms with Gasteiger partial charge in [-0.3, -0.25) is 4.79 Å². The third-order valence-electron chi connectivity index (χ3n) is 3.19. The average molecular weight is 281 g/mol. The van der Waals surface area contributed by atoms with Gasteiger partial charge in [0.2, 0.25) is 10.0 Å². The quantitative estimate of drug-likeness (QED) is 0.858. The highest BCUT2D eigenvalue weighted by Crippen LogP contribution is 2.32. The summed E-state index contributed by atoms with van der Waals surface area (Å²) in [5.74, 6) is -1.12. The van der Waals surface area contributed by atoms with Crippen molar-refractivity contribution in [3.05, 3.63) is 41.3 Å². The fourth-order valence-corrected chi connectivity index (χ4v) is 3.17. The molecule has 0 unspecified atom stereocenters. The highest BCUT2D eigenvalue weighted by molar-refractivity contribution is 7.92. The van der Waals surface area contributed by atoms with Gasteiger partial charge in [-0.1, -0.05) is 30.3 Å². The van der Waals surface area contributed by atoms with E-state index in [1.54, 1.807) is 24.3 Å². The molecule has 0 atom stereocenters. The molecule has 2 rings (SSSR count). The molecule has 1 aliphatic rings. The second-order valence-electron chi connectivity index (χ2n) is 4.60. The van der Waals surface area contributed by atoms with Gasteiger partial charge in [0, 0.05) is 5.41 Å². The topological polar surface area (TPSA) is 83.5 Å². The van der Waals surface area contributed by atoms with Crippen LogP contribution >= 0.6 is 0 Å². The molecule has 0 aliphatic heterocycles. The predicted molar refractivity (Wildman–Crippen MR) is 71.7 cm³/mol. The molecular weight excluding hydrogens is 266 g/mol. The molecule has 1 aromatic rings. The molecule has 0 aromatic heterocycles. The van der Waals surface area contributed by atoms with Gasteiger partial charge in [-0.25, -0.2) is 8.42 Å². The Hall–Kier alpha value is -1.66. The summed E-state index contributed by atoms with van der Waals surface area (Å²) in [5.41, 5.74) is -0.578. The van der Waals surface area contributed by atoms with Gasteiger partial charge in [0.15, 0.2) is 0 Å². The number of rotatable bonds is 5. The van der Waals surface area contributed by atoms with Crippen molar-refractivity contribution >= 4 is 22.1 Å². The Kier molecular flexibility index (Phi) is 3.73. The predicted octanol–water partition coefficient (Wildman–Crippen LogP) is 1.58. The lowest BCUT2D eigenvalue weighted by Gasteiger charge is -2.37. The normalized spacial score (nSPS) is 18.1. The van der Waals surface area contributed by atoms with Gasteiger partial charge < -0.3 is 5.11 Å². The lowest BCUT2D eigenvalue weighted by molar-refractivity contribution is -0.147. The summed E-state index contributed by atoms with van der Waals surface area (Å²) in [7, 11) is -3.75. The van der Waals surface area contributed by atoms with E-state index in [-0.39, 0.29) is 0 Å². The smallest absolute Gasteiger partial charge is 0.324 e. The van der Waals surface area contributed by atoms with Crippen molar-refractivity contribution in [2.75, 3.05) is 0 Å². The van der Waals surface area contributed by atoms with Crippen LogP contribution in [0.3, 0.4) is 0 Å². The summed E-state index contributed by atoms with van der Waals surface area (Å²) < 4.78 is 26.0. The number of nitrogens with one attached hydrogen (secondary N) is 1. The van der Waals surface area contributed by atoms with Crippen molar-refractivity contribution in [3.8, 4) is 0 Å². The molecule has 2 N–H and O–H groups in total. The van der Waals surface area contributed by atoms with Gasteiger partial charge in [0.05, 0.1) is 0 Å². The maximum absolute atomic E-state index is 11.9. The van der Waals surface area contributed by atoms with Crippen molar-refractivity contribution in [1.82, 2.24) is 4.72 Å². The number of sulfonamides is 1. The number of carboxylic acid groups (broad SMARTS) is 1. The molecule has 1 fully saturated rings. The van der Waals surface area contributed by atoms with E-state index in [4.69, 9.17) is 5.11 Å². The highest BCUT2D eigenvalue weighted by atomic mass is 32.2. The number of hydrogen-bond acceptors (Lipinski definition) is 3. The van der Waals surface area contributed by atoms with E-state index in [2.05, 4.69) is 4.72 Å². The van der Waals surface area contributed by atoms with E-state index in [1.165, 1.54) is 6.08 Å². The first-order valence-electron chi connectivity index (χ1n) is 5.94. The lowest BCUT2D eigenvalue weighted by Crippen LogP contribution is -2.58. The van der Waals surface area contributed by atoms with Crippen LogP contribution in [-0.2, 0) is 14.8 Å². The largest absolute Gasteiger partial charge is 0.480 e. The van der Waals surface area contributed by atoms with Gasteiger partial charge >= 0.3 is 5.97 Å². The minimum atomic E-state index is -3.75. The number of carbonyl (C=O) groups is 1. The summed E-state index contributed by atoms with van der Waals surface area (Å²) in [6.45, 7) is 0. The summed E-state index contributed by atoms with van der Waals surface area (Å²) in [6, 6.07) is 8.96. The maximum Gasteiger partial charge on any atom is 0.324 e. The lowest BCUT2D eigenvalue weighted by atomic mass is 9.78. The molecule has 1 aliphatic carbocycles. The third-order valence-corrected chi connectivity index (χ3v) is 4.36. The van der Waals surface area contributed by atoms with Crippen LogP contribution in [0, 0.1) is 0 Å². The summed E-state index contributed by atoms with van der Waals surface area (Å²) in [6.07, 6.45) is 2.83. The molecule has 6 heteroatoms. The molecule has 0 heterocycles. The second kappa shape index (κ2) is 5.14. The third kappa shape index (κ3) is 3.21. The van der Waals surface area contributed by atoms with Crippen LogP contribution in [-0.4, -0.2) is 25.0 Å². The van der Waals surface area contributed by atoms with Gasteiger partial charge in [-0.05, 0) is 30.9 Å². The van der Waals surface area contributed by atoms with Crippen LogP contribution in [0.4, 0.5) is 0 Å². The molecule has 0 spiro atoms. The van der Waals surface area contributed by atoms with E-state index >= 15 is 0 Å². The number of carboxylic acids is 1. The number of benzene rings is 1. The summed E-state index contributed by atoms with van der Waals surface area (Å²) in [5, 5.41) is 10.1. The zero-order valence-corrected chi connectivity index (χ0v) is 11.1.